The molecule has 2 amide bonds. The minimum Gasteiger partial charge on any atom is -0.497 e. The number of nitrogens with zero attached hydrogens (tertiary/aromatic N) is 2. The van der Waals surface area contributed by atoms with Gasteiger partial charge in [-0.3, -0.25) is 19.4 Å². The van der Waals surface area contributed by atoms with Crippen LogP contribution >= 0.6 is 12.2 Å². The summed E-state index contributed by atoms with van der Waals surface area (Å²) in [5, 5.41) is 0.212. The molecular weight excluding hydrogens is 384 g/mol. The topological polar surface area (TPSA) is 49.9 Å². The summed E-state index contributed by atoms with van der Waals surface area (Å²) in [6.07, 6.45) is 5.82. The Bertz CT molecular complexity index is 965. The fourth-order valence-corrected chi connectivity index (χ4v) is 3.35. The van der Waals surface area contributed by atoms with E-state index in [4.69, 9.17) is 17.0 Å². The standard InChI is InChI=1S/C23H22N2O3S/c1-3-16-24-21(26)20(11-7-8-17-12-14-19(28-2)15-13-17)22(27)25(23(24)29)18-9-5-4-6-10-18/h4-15H,3,16H2,1-2H3/b8-7+,20-11+. The molecule has 0 N–H and O–H groups in total. The first kappa shape index (κ1) is 20.5. The van der Waals surface area contributed by atoms with Gasteiger partial charge in [0.15, 0.2) is 5.11 Å². The highest BCUT2D eigenvalue weighted by molar-refractivity contribution is 7.80. The smallest absolute Gasteiger partial charge is 0.270 e. The molecule has 5 nitrogen and oxygen atoms in total. The summed E-state index contributed by atoms with van der Waals surface area (Å²) in [7, 11) is 1.61. The van der Waals surface area contributed by atoms with E-state index in [1.54, 1.807) is 31.4 Å². The highest BCUT2D eigenvalue weighted by atomic mass is 32.1. The van der Waals surface area contributed by atoms with E-state index in [1.807, 2.05) is 55.5 Å². The van der Waals surface area contributed by atoms with Gasteiger partial charge in [-0.2, -0.15) is 0 Å². The normalized spacial score (nSPS) is 16.2. The van der Waals surface area contributed by atoms with E-state index in [1.165, 1.54) is 9.80 Å². The maximum Gasteiger partial charge on any atom is 0.270 e. The van der Waals surface area contributed by atoms with Gasteiger partial charge in [0.05, 0.1) is 12.8 Å². The number of hydrogen-bond acceptors (Lipinski definition) is 4. The minimum absolute atomic E-state index is 0.0839. The van der Waals surface area contributed by atoms with Crippen LogP contribution in [0.3, 0.4) is 0 Å². The predicted molar refractivity (Wildman–Crippen MR) is 119 cm³/mol. The molecule has 0 aliphatic carbocycles. The Morgan fingerprint density at radius 3 is 2.31 bits per heavy atom. The van der Waals surface area contributed by atoms with Gasteiger partial charge in [0, 0.05) is 6.54 Å². The number of para-hydroxylation sites is 1. The molecule has 2 aromatic carbocycles. The maximum atomic E-state index is 13.1. The van der Waals surface area contributed by atoms with Crippen LogP contribution in [0.5, 0.6) is 5.75 Å². The third kappa shape index (κ3) is 4.43. The second-order valence-corrected chi connectivity index (χ2v) is 6.79. The lowest BCUT2D eigenvalue weighted by Gasteiger charge is -2.36. The number of amides is 2. The lowest BCUT2D eigenvalue weighted by molar-refractivity contribution is -0.128. The fraction of sp³-hybridized carbons (Fsp3) is 0.174. The molecule has 0 saturated carbocycles. The number of benzene rings is 2. The number of rotatable bonds is 6. The van der Waals surface area contributed by atoms with Gasteiger partial charge in [-0.05, 0) is 54.5 Å². The Hall–Kier alpha value is -3.25. The molecule has 6 heteroatoms. The van der Waals surface area contributed by atoms with E-state index in [9.17, 15) is 9.59 Å². The lowest BCUT2D eigenvalue weighted by Crippen LogP contribution is -2.56. The molecule has 1 aliphatic rings. The summed E-state index contributed by atoms with van der Waals surface area (Å²) >= 11 is 5.47. The molecule has 1 fully saturated rings. The van der Waals surface area contributed by atoms with Crippen LogP contribution in [0.2, 0.25) is 0 Å². The molecule has 0 aromatic heterocycles. The van der Waals surface area contributed by atoms with Crippen molar-refractivity contribution in [2.24, 2.45) is 0 Å². The second kappa shape index (κ2) is 9.30. The molecule has 3 rings (SSSR count). The van der Waals surface area contributed by atoms with Crippen LogP contribution in [0.25, 0.3) is 6.08 Å². The van der Waals surface area contributed by atoms with Crippen LogP contribution < -0.4 is 9.64 Å². The van der Waals surface area contributed by atoms with Crippen LogP contribution in [0.15, 0.2) is 72.3 Å². The fourth-order valence-electron chi connectivity index (χ4n) is 2.99. The Kier molecular flexibility index (Phi) is 6.57. The zero-order chi connectivity index (χ0) is 20.8. The van der Waals surface area contributed by atoms with E-state index in [0.29, 0.717) is 12.2 Å². The molecular formula is C23H22N2O3S. The van der Waals surface area contributed by atoms with Gasteiger partial charge in [0.1, 0.15) is 11.3 Å². The van der Waals surface area contributed by atoms with Crippen molar-refractivity contribution in [2.75, 3.05) is 18.6 Å². The summed E-state index contributed by atoms with van der Waals surface area (Å²) in [5.74, 6) is -0.0216. The van der Waals surface area contributed by atoms with Crippen LogP contribution in [0.4, 0.5) is 5.69 Å². The minimum atomic E-state index is -0.419. The first-order valence-corrected chi connectivity index (χ1v) is 9.75. The predicted octanol–water partition coefficient (Wildman–Crippen LogP) is 4.21. The van der Waals surface area contributed by atoms with E-state index < -0.39 is 5.91 Å². The third-order valence-corrected chi connectivity index (χ3v) is 4.86. The Morgan fingerprint density at radius 1 is 1.00 bits per heavy atom. The highest BCUT2D eigenvalue weighted by Crippen LogP contribution is 2.25. The summed E-state index contributed by atoms with van der Waals surface area (Å²) in [6, 6.07) is 16.6. The molecule has 0 spiro atoms. The maximum absolute atomic E-state index is 13.1. The summed E-state index contributed by atoms with van der Waals surface area (Å²) < 4.78 is 5.15. The van der Waals surface area contributed by atoms with Crippen molar-refractivity contribution in [2.45, 2.75) is 13.3 Å². The van der Waals surface area contributed by atoms with Crippen LogP contribution in [-0.4, -0.2) is 35.5 Å². The summed E-state index contributed by atoms with van der Waals surface area (Å²) in [6.45, 7) is 2.42. The molecule has 1 saturated heterocycles. The number of allylic oxidation sites excluding steroid dienone is 2. The van der Waals surface area contributed by atoms with Gasteiger partial charge >= 0.3 is 0 Å². The number of anilines is 1. The number of hydrogen-bond donors (Lipinski definition) is 0. The van der Waals surface area contributed by atoms with E-state index >= 15 is 0 Å². The van der Waals surface area contributed by atoms with Crippen molar-refractivity contribution in [1.29, 1.82) is 0 Å². The van der Waals surface area contributed by atoms with Gasteiger partial charge in [-0.1, -0.05) is 49.4 Å². The van der Waals surface area contributed by atoms with E-state index in [-0.39, 0.29) is 16.6 Å². The van der Waals surface area contributed by atoms with Gasteiger partial charge in [0.2, 0.25) is 0 Å². The molecule has 148 valence electrons. The van der Waals surface area contributed by atoms with Gasteiger partial charge in [-0.25, -0.2) is 0 Å². The van der Waals surface area contributed by atoms with E-state index in [2.05, 4.69) is 0 Å². The monoisotopic (exact) mass is 406 g/mol. The van der Waals surface area contributed by atoms with Crippen molar-refractivity contribution in [3.05, 3.63) is 77.9 Å². The molecule has 0 radical (unpaired) electrons. The average molecular weight is 407 g/mol. The summed E-state index contributed by atoms with van der Waals surface area (Å²) in [4.78, 5) is 28.9. The number of carbonyl (C=O) groups is 2. The third-order valence-electron chi connectivity index (χ3n) is 4.46. The van der Waals surface area contributed by atoms with Crippen molar-refractivity contribution in [3.8, 4) is 5.75 Å². The van der Waals surface area contributed by atoms with Crippen LogP contribution in [0, 0.1) is 0 Å². The number of methoxy groups -OCH3 is 1. The average Bonchev–Trinajstić information content (AvgIpc) is 2.75. The SMILES string of the molecule is CCCN1C(=O)/C(=C\C=C\c2ccc(OC)cc2)C(=O)N(c2ccccc2)C1=S. The zero-order valence-corrected chi connectivity index (χ0v) is 17.2. The molecule has 1 heterocycles. The molecule has 0 atom stereocenters. The Balaban J connectivity index is 1.93. The number of ether oxygens (including phenoxy) is 1. The quantitative estimate of drug-likeness (QED) is 0.410. The van der Waals surface area contributed by atoms with Gasteiger partial charge < -0.3 is 4.74 Å². The highest BCUT2D eigenvalue weighted by Gasteiger charge is 2.39. The van der Waals surface area contributed by atoms with Crippen molar-refractivity contribution < 1.29 is 14.3 Å². The Morgan fingerprint density at radius 2 is 1.69 bits per heavy atom. The largest absolute Gasteiger partial charge is 0.497 e. The Labute approximate surface area is 175 Å². The number of carbonyl (C=O) groups excluding carboxylic acids is 2. The zero-order valence-electron chi connectivity index (χ0n) is 16.4. The van der Waals surface area contributed by atoms with Crippen LogP contribution in [0.1, 0.15) is 18.9 Å². The number of thiocarbonyl (C=S) groups is 1. The van der Waals surface area contributed by atoms with E-state index in [0.717, 1.165) is 17.7 Å². The van der Waals surface area contributed by atoms with Crippen LogP contribution in [-0.2, 0) is 9.59 Å². The molecule has 0 bridgehead atoms. The first-order valence-electron chi connectivity index (χ1n) is 9.34. The second-order valence-electron chi connectivity index (χ2n) is 6.43. The van der Waals surface area contributed by atoms with Crippen molar-refractivity contribution >= 4 is 40.9 Å². The van der Waals surface area contributed by atoms with Crippen molar-refractivity contribution in [1.82, 2.24) is 4.90 Å². The first-order chi connectivity index (χ1) is 14.1. The molecule has 0 unspecified atom stereocenters. The van der Waals surface area contributed by atoms with Crippen molar-refractivity contribution in [3.63, 3.8) is 0 Å². The summed E-state index contributed by atoms with van der Waals surface area (Å²) in [5.41, 5.74) is 1.65. The molecule has 1 aliphatic heterocycles. The van der Waals surface area contributed by atoms with Gasteiger partial charge in [0.25, 0.3) is 11.8 Å². The molecule has 29 heavy (non-hydrogen) atoms. The lowest BCUT2D eigenvalue weighted by atomic mass is 10.1. The van der Waals surface area contributed by atoms with Gasteiger partial charge in [-0.15, -0.1) is 0 Å². The molecule has 2 aromatic rings.